The van der Waals surface area contributed by atoms with E-state index in [1.807, 2.05) is 13.1 Å². The van der Waals surface area contributed by atoms with E-state index in [1.54, 1.807) is 12.1 Å². The molecule has 2 heterocycles. The molecule has 0 radical (unpaired) electrons. The fourth-order valence-electron chi connectivity index (χ4n) is 3.17. The summed E-state index contributed by atoms with van der Waals surface area (Å²) < 4.78 is 13.1. The molecule has 2 unspecified atom stereocenters. The smallest absolute Gasteiger partial charge is 0.198 e. The Kier molecular flexibility index (Phi) is 4.11. The van der Waals surface area contributed by atoms with Crippen molar-refractivity contribution >= 4 is 45.0 Å². The molecule has 1 aliphatic rings. The molecule has 0 fully saturated rings. The van der Waals surface area contributed by atoms with Gasteiger partial charge in [-0.1, -0.05) is 29.3 Å². The molecule has 3 aromatic rings. The summed E-state index contributed by atoms with van der Waals surface area (Å²) in [4.78, 5) is 12.1. The Labute approximate surface area is 152 Å². The Morgan fingerprint density at radius 2 is 2.04 bits per heavy atom. The van der Waals surface area contributed by atoms with Gasteiger partial charge in [0.2, 0.25) is 0 Å². The van der Waals surface area contributed by atoms with Gasteiger partial charge in [0.25, 0.3) is 0 Å². The van der Waals surface area contributed by atoms with Crippen molar-refractivity contribution in [3.8, 4) is 0 Å². The highest BCUT2D eigenvalue weighted by Gasteiger charge is 2.29. The van der Waals surface area contributed by atoms with Crippen LogP contribution in [0.5, 0.6) is 0 Å². The van der Waals surface area contributed by atoms with Gasteiger partial charge in [0.05, 0.1) is 42.8 Å². The second-order valence-electron chi connectivity index (χ2n) is 6.06. The average Bonchev–Trinajstić information content (AvgIpc) is 2.96. The number of rotatable bonds is 2. The first kappa shape index (κ1) is 16.1. The number of benzene rings is 1. The van der Waals surface area contributed by atoms with Crippen LogP contribution in [0.15, 0.2) is 29.6 Å². The number of halogens is 2. The third-order valence-electron chi connectivity index (χ3n) is 4.31. The number of nitrogens with zero attached hydrogens (tertiary/aromatic N) is 2. The molecule has 7 heteroatoms. The highest BCUT2D eigenvalue weighted by Crippen LogP contribution is 2.36. The van der Waals surface area contributed by atoms with Crippen molar-refractivity contribution in [1.82, 2.24) is 15.0 Å². The Morgan fingerprint density at radius 3 is 2.88 bits per heavy atom. The maximum absolute atomic E-state index is 13.1. The van der Waals surface area contributed by atoms with E-state index in [0.29, 0.717) is 20.7 Å². The molecule has 24 heavy (non-hydrogen) atoms. The number of H-pyrrole nitrogens is 1. The van der Waals surface area contributed by atoms with E-state index >= 15 is 0 Å². The summed E-state index contributed by atoms with van der Waals surface area (Å²) in [6.07, 6.45) is 4.68. The van der Waals surface area contributed by atoms with Crippen LogP contribution in [0, 0.1) is 6.92 Å². The zero-order valence-corrected chi connectivity index (χ0v) is 15.3. The molecule has 4 nitrogen and oxygen atoms in total. The molecular formula is C17H15Cl2N3OS. The lowest BCUT2D eigenvalue weighted by Crippen LogP contribution is -2.17. The third-order valence-corrected chi connectivity index (χ3v) is 6.58. The average molecular weight is 380 g/mol. The summed E-state index contributed by atoms with van der Waals surface area (Å²) in [5.74, 6) is 0. The van der Waals surface area contributed by atoms with Crippen LogP contribution in [0.2, 0.25) is 10.0 Å². The molecule has 0 amide bonds. The maximum Gasteiger partial charge on any atom is 0.198 e. The summed E-state index contributed by atoms with van der Waals surface area (Å²) >= 11 is 12.1. The quantitative estimate of drug-likeness (QED) is 0.698. The number of aryl methyl sites for hydroxylation is 2. The number of aromatic nitrogens is 3. The Hall–Kier alpha value is -1.43. The first-order valence-corrected chi connectivity index (χ1v) is 9.70. The normalized spacial score (nSPS) is 18.5. The summed E-state index contributed by atoms with van der Waals surface area (Å²) in [6, 6.07) is 5.54. The molecule has 0 saturated heterocycles. The van der Waals surface area contributed by atoms with Gasteiger partial charge in [-0.2, -0.15) is 0 Å². The zero-order valence-electron chi connectivity index (χ0n) is 13.0. The van der Waals surface area contributed by atoms with Gasteiger partial charge in [0.1, 0.15) is 0 Å². The first-order valence-electron chi connectivity index (χ1n) is 7.73. The SMILES string of the molecule is Cc1cnc2c(c1)CCCC2S(=O)c1nc2cc(Cl)c(Cl)cc2[nH]1. The van der Waals surface area contributed by atoms with Crippen molar-refractivity contribution in [2.45, 2.75) is 36.6 Å². The molecule has 1 aromatic carbocycles. The van der Waals surface area contributed by atoms with Crippen molar-refractivity contribution in [2.75, 3.05) is 0 Å². The van der Waals surface area contributed by atoms with Crippen LogP contribution >= 0.6 is 23.2 Å². The fraction of sp³-hybridized carbons (Fsp3) is 0.294. The van der Waals surface area contributed by atoms with Crippen molar-refractivity contribution in [1.29, 1.82) is 0 Å². The number of hydrogen-bond donors (Lipinski definition) is 1. The second kappa shape index (κ2) is 6.14. The molecule has 0 spiro atoms. The molecule has 1 N–H and O–H groups in total. The summed E-state index contributed by atoms with van der Waals surface area (Å²) in [5, 5.41) is 1.20. The van der Waals surface area contributed by atoms with E-state index in [-0.39, 0.29) is 5.25 Å². The molecule has 0 saturated carbocycles. The van der Waals surface area contributed by atoms with Crippen molar-refractivity contribution in [3.63, 3.8) is 0 Å². The van der Waals surface area contributed by atoms with Gasteiger partial charge in [-0.25, -0.2) is 4.98 Å². The van der Waals surface area contributed by atoms with E-state index in [1.165, 1.54) is 5.56 Å². The summed E-state index contributed by atoms with van der Waals surface area (Å²) in [5.41, 5.74) is 4.66. The molecule has 1 aliphatic carbocycles. The fourth-order valence-corrected chi connectivity index (χ4v) is 4.95. The van der Waals surface area contributed by atoms with Gasteiger partial charge in [-0.15, -0.1) is 0 Å². The minimum Gasteiger partial charge on any atom is -0.331 e. The molecular weight excluding hydrogens is 365 g/mol. The molecule has 0 bridgehead atoms. The number of hydrogen-bond acceptors (Lipinski definition) is 3. The summed E-state index contributed by atoms with van der Waals surface area (Å²) in [7, 11) is -1.30. The second-order valence-corrected chi connectivity index (χ2v) is 8.43. The Bertz CT molecular complexity index is 931. The predicted octanol–water partition coefficient (Wildman–Crippen LogP) is 4.76. The first-order chi connectivity index (χ1) is 11.5. The molecule has 0 aliphatic heterocycles. The van der Waals surface area contributed by atoms with Crippen LogP contribution < -0.4 is 0 Å². The van der Waals surface area contributed by atoms with Gasteiger partial charge >= 0.3 is 0 Å². The lowest BCUT2D eigenvalue weighted by molar-refractivity contribution is 0.614. The largest absolute Gasteiger partial charge is 0.331 e. The number of imidazole rings is 1. The maximum atomic E-state index is 13.1. The lowest BCUT2D eigenvalue weighted by atomic mass is 9.95. The number of fused-ring (bicyclic) bond motifs is 2. The number of nitrogens with one attached hydrogen (secondary N) is 1. The van der Waals surface area contributed by atoms with Crippen molar-refractivity contribution in [3.05, 3.63) is 51.3 Å². The topological polar surface area (TPSA) is 58.6 Å². The monoisotopic (exact) mass is 379 g/mol. The lowest BCUT2D eigenvalue weighted by Gasteiger charge is -2.23. The Morgan fingerprint density at radius 1 is 1.25 bits per heavy atom. The van der Waals surface area contributed by atoms with E-state index in [2.05, 4.69) is 21.0 Å². The van der Waals surface area contributed by atoms with Gasteiger partial charge in [0, 0.05) is 6.20 Å². The zero-order chi connectivity index (χ0) is 16.8. The van der Waals surface area contributed by atoms with Crippen LogP contribution in [-0.2, 0) is 17.2 Å². The summed E-state index contributed by atoms with van der Waals surface area (Å²) in [6.45, 7) is 2.03. The van der Waals surface area contributed by atoms with Gasteiger partial charge in [0.15, 0.2) is 5.16 Å². The highest BCUT2D eigenvalue weighted by molar-refractivity contribution is 7.85. The van der Waals surface area contributed by atoms with E-state index in [0.717, 1.165) is 36.0 Å². The third kappa shape index (κ3) is 2.75. The molecule has 2 atom stereocenters. The van der Waals surface area contributed by atoms with Crippen LogP contribution in [0.25, 0.3) is 11.0 Å². The van der Waals surface area contributed by atoms with Crippen molar-refractivity contribution in [2.24, 2.45) is 0 Å². The molecule has 2 aromatic heterocycles. The molecule has 124 valence electrons. The van der Waals surface area contributed by atoms with E-state index in [9.17, 15) is 4.21 Å². The van der Waals surface area contributed by atoms with E-state index in [4.69, 9.17) is 23.2 Å². The van der Waals surface area contributed by atoms with Crippen LogP contribution in [0.3, 0.4) is 0 Å². The minimum atomic E-state index is -1.30. The van der Waals surface area contributed by atoms with Gasteiger partial charge < -0.3 is 4.98 Å². The number of aromatic amines is 1. The highest BCUT2D eigenvalue weighted by atomic mass is 35.5. The van der Waals surface area contributed by atoms with Crippen LogP contribution in [-0.4, -0.2) is 19.2 Å². The Balaban J connectivity index is 1.75. The van der Waals surface area contributed by atoms with Crippen molar-refractivity contribution < 1.29 is 4.21 Å². The number of pyridine rings is 1. The molecule has 4 rings (SSSR count). The van der Waals surface area contributed by atoms with Crippen LogP contribution in [0.4, 0.5) is 0 Å². The van der Waals surface area contributed by atoms with Gasteiger partial charge in [-0.3, -0.25) is 9.19 Å². The van der Waals surface area contributed by atoms with Crippen LogP contribution in [0.1, 0.15) is 34.9 Å². The standard InChI is InChI=1S/C17H15Cl2N3OS/c1-9-5-10-3-2-4-15(16(10)20-8-9)24(23)17-21-13-6-11(18)12(19)7-14(13)22-17/h5-8,15H,2-4H2,1H3,(H,21,22). The van der Waals surface area contributed by atoms with E-state index < -0.39 is 10.8 Å². The van der Waals surface area contributed by atoms with Gasteiger partial charge in [-0.05, 0) is 49.4 Å². The predicted molar refractivity (Wildman–Crippen MR) is 97.2 cm³/mol. The minimum absolute atomic E-state index is 0.138.